The fourth-order valence-corrected chi connectivity index (χ4v) is 0.635. The Morgan fingerprint density at radius 3 is 2.60 bits per heavy atom. The molecule has 58 valence electrons. The third-order valence-corrected chi connectivity index (χ3v) is 1.20. The van der Waals surface area contributed by atoms with Crippen LogP contribution in [0.25, 0.3) is 0 Å². The van der Waals surface area contributed by atoms with E-state index in [1.807, 2.05) is 0 Å². The van der Waals surface area contributed by atoms with Crippen molar-refractivity contribution in [3.8, 4) is 0 Å². The van der Waals surface area contributed by atoms with Crippen molar-refractivity contribution in [3.63, 3.8) is 0 Å². The largest absolute Gasteiger partial charge is 0.469 e. The summed E-state index contributed by atoms with van der Waals surface area (Å²) >= 11 is 1.60. The van der Waals surface area contributed by atoms with Gasteiger partial charge < -0.3 is 10.1 Å². The van der Waals surface area contributed by atoms with Gasteiger partial charge in [0.1, 0.15) is 0 Å². The van der Waals surface area contributed by atoms with Crippen LogP contribution in [0.4, 0.5) is 4.79 Å². The van der Waals surface area contributed by atoms with Crippen LogP contribution in [0.3, 0.4) is 0 Å². The Hall–Kier alpha value is -0.330. The zero-order chi connectivity index (χ0) is 7.98. The third kappa shape index (κ3) is 5.80. The smallest absolute Gasteiger partial charge is 0.307 e. The first-order valence-electron chi connectivity index (χ1n) is 2.67. The number of ether oxygens (including phenoxy) is 1. The lowest BCUT2D eigenvalue weighted by Gasteiger charge is -1.98. The maximum Gasteiger partial charge on any atom is 0.307 e. The highest BCUT2D eigenvalue weighted by molar-refractivity contribution is 14.1. The van der Waals surface area contributed by atoms with Crippen LogP contribution in [0.15, 0.2) is 0 Å². The Morgan fingerprint density at radius 1 is 1.60 bits per heavy atom. The fraction of sp³-hybridized carbons (Fsp3) is 0.600. The van der Waals surface area contributed by atoms with E-state index in [9.17, 15) is 9.59 Å². The summed E-state index contributed by atoms with van der Waals surface area (Å²) in [5.74, 6) is -0.315. The molecule has 10 heavy (non-hydrogen) atoms. The maximum atomic E-state index is 10.4. The number of esters is 1. The molecule has 0 aromatic heterocycles. The van der Waals surface area contributed by atoms with Crippen molar-refractivity contribution >= 4 is 32.5 Å². The quantitative estimate of drug-likeness (QED) is 0.350. The van der Waals surface area contributed by atoms with Crippen molar-refractivity contribution in [1.82, 2.24) is 5.32 Å². The summed E-state index contributed by atoms with van der Waals surface area (Å²) in [6, 6.07) is 0. The SMILES string of the molecule is COC(=O)CCNC(=O)I. The van der Waals surface area contributed by atoms with Gasteiger partial charge in [-0.3, -0.25) is 9.59 Å². The Morgan fingerprint density at radius 2 is 2.20 bits per heavy atom. The van der Waals surface area contributed by atoms with Gasteiger partial charge in [-0.1, -0.05) is 0 Å². The molecule has 0 saturated heterocycles. The van der Waals surface area contributed by atoms with Crippen LogP contribution >= 0.6 is 22.6 Å². The van der Waals surface area contributed by atoms with Gasteiger partial charge in [0, 0.05) is 29.1 Å². The predicted octanol–water partition coefficient (Wildman–Crippen LogP) is 0.694. The number of carbonyl (C=O) groups is 2. The molecule has 0 spiro atoms. The molecule has 0 aliphatic heterocycles. The highest BCUT2D eigenvalue weighted by atomic mass is 127. The molecule has 0 aromatic carbocycles. The van der Waals surface area contributed by atoms with Crippen LogP contribution < -0.4 is 5.32 Å². The molecule has 0 heterocycles. The number of rotatable bonds is 3. The van der Waals surface area contributed by atoms with E-state index in [0.29, 0.717) is 6.54 Å². The standard InChI is InChI=1S/C5H8INO3/c1-10-4(8)2-3-7-5(6)9/h2-3H2,1H3,(H,7,9). The monoisotopic (exact) mass is 257 g/mol. The van der Waals surface area contributed by atoms with Crippen molar-refractivity contribution < 1.29 is 14.3 Å². The molecular formula is C5H8INO3. The van der Waals surface area contributed by atoms with Crippen LogP contribution in [0.2, 0.25) is 0 Å². The normalized spacial score (nSPS) is 8.60. The summed E-state index contributed by atoms with van der Waals surface area (Å²) in [5, 5.41) is 2.46. The number of nitrogens with one attached hydrogen (secondary N) is 1. The average Bonchev–Trinajstić information content (AvgIpc) is 1.87. The molecule has 0 unspecified atom stereocenters. The molecule has 1 N–H and O–H groups in total. The van der Waals surface area contributed by atoms with E-state index in [0.717, 1.165) is 0 Å². The van der Waals surface area contributed by atoms with Gasteiger partial charge in [0.15, 0.2) is 0 Å². The molecule has 0 fully saturated rings. The van der Waals surface area contributed by atoms with Crippen molar-refractivity contribution in [2.75, 3.05) is 13.7 Å². The molecule has 0 saturated carbocycles. The number of methoxy groups -OCH3 is 1. The lowest BCUT2D eigenvalue weighted by Crippen LogP contribution is -2.20. The van der Waals surface area contributed by atoms with E-state index < -0.39 is 0 Å². The molecule has 0 aliphatic rings. The Labute approximate surface area is 72.4 Å². The van der Waals surface area contributed by atoms with E-state index in [1.165, 1.54) is 7.11 Å². The molecule has 1 amide bonds. The highest BCUT2D eigenvalue weighted by Gasteiger charge is 1.99. The number of hydrogen-bond donors (Lipinski definition) is 1. The highest BCUT2D eigenvalue weighted by Crippen LogP contribution is 1.85. The number of amides is 1. The first-order chi connectivity index (χ1) is 4.66. The van der Waals surface area contributed by atoms with Crippen LogP contribution in [-0.4, -0.2) is 23.5 Å². The van der Waals surface area contributed by atoms with Gasteiger partial charge in [-0.05, 0) is 0 Å². The van der Waals surface area contributed by atoms with Gasteiger partial charge >= 0.3 is 5.97 Å². The molecule has 0 aliphatic carbocycles. The molecule has 0 rings (SSSR count). The minimum atomic E-state index is -0.315. The van der Waals surface area contributed by atoms with E-state index in [-0.39, 0.29) is 16.3 Å². The Balaban J connectivity index is 3.20. The van der Waals surface area contributed by atoms with E-state index in [4.69, 9.17) is 0 Å². The predicted molar refractivity (Wildman–Crippen MR) is 44.1 cm³/mol. The van der Waals surface area contributed by atoms with Gasteiger partial charge in [0.05, 0.1) is 13.5 Å². The maximum absolute atomic E-state index is 10.4. The summed E-state index contributed by atoms with van der Waals surface area (Å²) in [4.78, 5) is 20.7. The summed E-state index contributed by atoms with van der Waals surface area (Å²) in [7, 11) is 1.31. The minimum Gasteiger partial charge on any atom is -0.469 e. The van der Waals surface area contributed by atoms with E-state index in [1.54, 1.807) is 22.6 Å². The first-order valence-corrected chi connectivity index (χ1v) is 3.75. The van der Waals surface area contributed by atoms with Crippen LogP contribution in [0, 0.1) is 0 Å². The summed E-state index contributed by atoms with van der Waals surface area (Å²) in [6.45, 7) is 0.342. The topological polar surface area (TPSA) is 55.4 Å². The molecular weight excluding hydrogens is 249 g/mol. The summed E-state index contributed by atoms with van der Waals surface area (Å²) < 4.78 is 4.17. The molecule has 0 radical (unpaired) electrons. The van der Waals surface area contributed by atoms with Gasteiger partial charge in [0.2, 0.25) is 0 Å². The number of halogens is 1. The lowest BCUT2D eigenvalue weighted by atomic mass is 10.4. The second-order valence-electron chi connectivity index (χ2n) is 1.53. The lowest BCUT2D eigenvalue weighted by molar-refractivity contribution is -0.140. The molecule has 0 atom stereocenters. The van der Waals surface area contributed by atoms with Gasteiger partial charge in [-0.25, -0.2) is 0 Å². The molecule has 0 aromatic rings. The minimum absolute atomic E-state index is 0.165. The Bertz CT molecular complexity index is 137. The average molecular weight is 257 g/mol. The molecule has 4 nitrogen and oxygen atoms in total. The third-order valence-electron chi connectivity index (χ3n) is 0.821. The first kappa shape index (κ1) is 9.67. The van der Waals surface area contributed by atoms with Gasteiger partial charge in [-0.2, -0.15) is 0 Å². The van der Waals surface area contributed by atoms with E-state index in [2.05, 4.69) is 10.1 Å². The number of hydrogen-bond acceptors (Lipinski definition) is 3. The molecule has 5 heteroatoms. The second-order valence-corrected chi connectivity index (χ2v) is 2.51. The van der Waals surface area contributed by atoms with Crippen molar-refractivity contribution in [2.24, 2.45) is 0 Å². The van der Waals surface area contributed by atoms with Gasteiger partial charge in [-0.15, -0.1) is 0 Å². The van der Waals surface area contributed by atoms with Crippen LogP contribution in [0.1, 0.15) is 6.42 Å². The second kappa shape index (κ2) is 5.45. The zero-order valence-electron chi connectivity index (χ0n) is 5.52. The van der Waals surface area contributed by atoms with E-state index >= 15 is 0 Å². The van der Waals surface area contributed by atoms with Gasteiger partial charge in [0.25, 0.3) is 3.91 Å². The van der Waals surface area contributed by atoms with Crippen molar-refractivity contribution in [3.05, 3.63) is 0 Å². The summed E-state index contributed by atoms with van der Waals surface area (Å²) in [5.41, 5.74) is 0. The van der Waals surface area contributed by atoms with Crippen molar-refractivity contribution in [2.45, 2.75) is 6.42 Å². The molecule has 0 bridgehead atoms. The Kier molecular flexibility index (Phi) is 5.27. The van der Waals surface area contributed by atoms with Crippen LogP contribution in [0.5, 0.6) is 0 Å². The zero-order valence-corrected chi connectivity index (χ0v) is 7.67. The van der Waals surface area contributed by atoms with Crippen molar-refractivity contribution in [1.29, 1.82) is 0 Å². The fourth-order valence-electron chi connectivity index (χ4n) is 0.365. The summed E-state index contributed by atoms with van der Waals surface area (Å²) in [6.07, 6.45) is 0.227. The number of carbonyl (C=O) groups excluding carboxylic acids is 2. The van der Waals surface area contributed by atoms with Crippen LogP contribution in [-0.2, 0) is 9.53 Å².